The number of benzene rings is 1. The van der Waals surface area contributed by atoms with Gasteiger partial charge in [-0.25, -0.2) is 13.8 Å². The van der Waals surface area contributed by atoms with Gasteiger partial charge in [0.2, 0.25) is 5.91 Å². The monoisotopic (exact) mass is 337 g/mol. The number of fused-ring (bicyclic) bond motifs is 1. The van der Waals surface area contributed by atoms with Crippen molar-refractivity contribution in [2.45, 2.75) is 36.9 Å². The van der Waals surface area contributed by atoms with E-state index in [4.69, 9.17) is 0 Å². The lowest BCUT2D eigenvalue weighted by Crippen LogP contribution is -2.39. The predicted octanol–water partition coefficient (Wildman–Crippen LogP) is 3.24. The molecule has 7 heteroatoms. The van der Waals surface area contributed by atoms with Crippen LogP contribution in [0.15, 0.2) is 17.3 Å². The van der Waals surface area contributed by atoms with Crippen LogP contribution in [0.3, 0.4) is 0 Å². The Morgan fingerprint density at radius 1 is 1.26 bits per heavy atom. The van der Waals surface area contributed by atoms with Crippen molar-refractivity contribution in [3.8, 4) is 0 Å². The number of aromatic amines is 1. The molecule has 0 unspecified atom stereocenters. The Morgan fingerprint density at radius 2 is 1.91 bits per heavy atom. The lowest BCUT2D eigenvalue weighted by Gasteiger charge is -2.17. The van der Waals surface area contributed by atoms with Crippen molar-refractivity contribution in [2.24, 2.45) is 11.8 Å². The molecule has 4 rings (SSSR count). The smallest absolute Gasteiger partial charge is 0.230 e. The van der Waals surface area contributed by atoms with Crippen LogP contribution in [-0.2, 0) is 4.79 Å². The van der Waals surface area contributed by atoms with Gasteiger partial charge in [0, 0.05) is 18.2 Å². The molecule has 2 fully saturated rings. The Hall–Kier alpha value is -1.63. The molecule has 1 aromatic heterocycles. The van der Waals surface area contributed by atoms with Crippen molar-refractivity contribution >= 4 is 28.7 Å². The summed E-state index contributed by atoms with van der Waals surface area (Å²) in [4.78, 5) is 19.2. The maximum absolute atomic E-state index is 13.2. The minimum Gasteiger partial charge on any atom is -0.352 e. The van der Waals surface area contributed by atoms with Crippen LogP contribution in [0.5, 0.6) is 0 Å². The molecule has 1 amide bonds. The molecule has 122 valence electrons. The van der Waals surface area contributed by atoms with Crippen LogP contribution in [0.2, 0.25) is 0 Å². The first-order valence-corrected chi connectivity index (χ1v) is 8.85. The van der Waals surface area contributed by atoms with E-state index in [1.807, 2.05) is 0 Å². The molecule has 0 atom stereocenters. The first-order valence-electron chi connectivity index (χ1n) is 7.87. The van der Waals surface area contributed by atoms with Crippen LogP contribution < -0.4 is 5.32 Å². The molecule has 23 heavy (non-hydrogen) atoms. The fraction of sp³-hybridized carbons (Fsp3) is 0.500. The number of carbonyl (C=O) groups is 1. The average Bonchev–Trinajstić information content (AvgIpc) is 3.42. The quantitative estimate of drug-likeness (QED) is 0.796. The zero-order chi connectivity index (χ0) is 16.0. The molecule has 2 N–H and O–H groups in total. The Morgan fingerprint density at radius 3 is 2.57 bits per heavy atom. The van der Waals surface area contributed by atoms with E-state index in [1.54, 1.807) is 0 Å². The van der Waals surface area contributed by atoms with Gasteiger partial charge in [-0.2, -0.15) is 0 Å². The summed E-state index contributed by atoms with van der Waals surface area (Å²) in [5.74, 6) is -0.262. The third-order valence-corrected chi connectivity index (χ3v) is 5.30. The number of rotatable bonds is 6. The normalized spacial score (nSPS) is 17.9. The van der Waals surface area contributed by atoms with Gasteiger partial charge in [-0.3, -0.25) is 4.79 Å². The Bertz CT molecular complexity index is 704. The molecule has 2 aliphatic carbocycles. The standard InChI is InChI=1S/C16H17F2N3OS/c17-10-5-12-13(6-11(10)18)20-16(19-12)23-7-14(22)21-15(8-1-2-8)9-3-4-9/h5-6,8-9,15H,1-4,7H2,(H,19,20)(H,21,22). The van der Waals surface area contributed by atoms with Crippen molar-refractivity contribution in [2.75, 3.05) is 5.75 Å². The largest absolute Gasteiger partial charge is 0.352 e. The zero-order valence-electron chi connectivity index (χ0n) is 12.4. The molecule has 0 saturated heterocycles. The number of carbonyl (C=O) groups excluding carboxylic acids is 1. The van der Waals surface area contributed by atoms with Crippen molar-refractivity contribution in [1.29, 1.82) is 0 Å². The topological polar surface area (TPSA) is 57.8 Å². The second-order valence-electron chi connectivity index (χ2n) is 6.38. The van der Waals surface area contributed by atoms with E-state index in [0.29, 0.717) is 34.1 Å². The van der Waals surface area contributed by atoms with Gasteiger partial charge in [-0.15, -0.1) is 0 Å². The number of imidazole rings is 1. The van der Waals surface area contributed by atoms with Crippen molar-refractivity contribution < 1.29 is 13.6 Å². The first-order chi connectivity index (χ1) is 11.1. The second-order valence-corrected chi connectivity index (χ2v) is 7.35. The van der Waals surface area contributed by atoms with E-state index < -0.39 is 11.6 Å². The van der Waals surface area contributed by atoms with Gasteiger partial charge >= 0.3 is 0 Å². The summed E-state index contributed by atoms with van der Waals surface area (Å²) < 4.78 is 26.4. The lowest BCUT2D eigenvalue weighted by atomic mass is 10.1. The maximum atomic E-state index is 13.2. The van der Waals surface area contributed by atoms with Crippen molar-refractivity contribution in [3.63, 3.8) is 0 Å². The minimum atomic E-state index is -0.921. The summed E-state index contributed by atoms with van der Waals surface area (Å²) >= 11 is 1.25. The van der Waals surface area contributed by atoms with Gasteiger partial charge in [-0.05, 0) is 37.5 Å². The Labute approximate surface area is 136 Å². The summed E-state index contributed by atoms with van der Waals surface area (Å²) in [7, 11) is 0. The Kier molecular flexibility index (Phi) is 3.75. The van der Waals surface area contributed by atoms with E-state index in [1.165, 1.54) is 37.4 Å². The summed E-state index contributed by atoms with van der Waals surface area (Å²) in [6, 6.07) is 2.47. The van der Waals surface area contributed by atoms with Gasteiger partial charge in [0.15, 0.2) is 16.8 Å². The number of hydrogen-bond acceptors (Lipinski definition) is 3. The average molecular weight is 337 g/mol. The fourth-order valence-corrected chi connectivity index (χ4v) is 3.64. The number of nitrogens with one attached hydrogen (secondary N) is 2. The molecule has 4 nitrogen and oxygen atoms in total. The van der Waals surface area contributed by atoms with Gasteiger partial charge in [-0.1, -0.05) is 11.8 Å². The summed E-state index contributed by atoms with van der Waals surface area (Å²) in [5.41, 5.74) is 0.793. The van der Waals surface area contributed by atoms with E-state index in [9.17, 15) is 13.6 Å². The third kappa shape index (κ3) is 3.34. The van der Waals surface area contributed by atoms with Gasteiger partial charge in [0.05, 0.1) is 16.8 Å². The fourth-order valence-electron chi connectivity index (χ4n) is 2.94. The van der Waals surface area contributed by atoms with Crippen molar-refractivity contribution in [1.82, 2.24) is 15.3 Å². The minimum absolute atomic E-state index is 0.00313. The first kappa shape index (κ1) is 14.9. The number of hydrogen-bond donors (Lipinski definition) is 2. The van der Waals surface area contributed by atoms with Crippen LogP contribution in [0.1, 0.15) is 25.7 Å². The highest BCUT2D eigenvalue weighted by Gasteiger charge is 2.42. The van der Waals surface area contributed by atoms with Gasteiger partial charge in [0.1, 0.15) is 0 Å². The zero-order valence-corrected chi connectivity index (χ0v) is 13.3. The molecule has 0 spiro atoms. The molecule has 2 aromatic rings. The van der Waals surface area contributed by atoms with E-state index in [0.717, 1.165) is 12.1 Å². The lowest BCUT2D eigenvalue weighted by molar-refractivity contribution is -0.119. The molecule has 1 heterocycles. The number of aromatic nitrogens is 2. The summed E-state index contributed by atoms with van der Waals surface area (Å²) in [6.07, 6.45) is 4.87. The molecule has 0 aliphatic heterocycles. The van der Waals surface area contributed by atoms with Crippen molar-refractivity contribution in [3.05, 3.63) is 23.8 Å². The predicted molar refractivity (Wildman–Crippen MR) is 84.1 cm³/mol. The van der Waals surface area contributed by atoms with E-state index in [2.05, 4.69) is 15.3 Å². The van der Waals surface area contributed by atoms with Crippen LogP contribution in [0, 0.1) is 23.5 Å². The third-order valence-electron chi connectivity index (χ3n) is 4.43. The van der Waals surface area contributed by atoms with Gasteiger partial charge < -0.3 is 10.3 Å². The molecule has 2 saturated carbocycles. The Balaban J connectivity index is 1.37. The SMILES string of the molecule is O=C(CSc1nc2cc(F)c(F)cc2[nH]1)NC(C1CC1)C1CC1. The second kappa shape index (κ2) is 5.78. The van der Waals surface area contributed by atoms with E-state index in [-0.39, 0.29) is 11.7 Å². The molecule has 0 radical (unpaired) electrons. The summed E-state index contributed by atoms with van der Waals surface area (Å²) in [6.45, 7) is 0. The summed E-state index contributed by atoms with van der Waals surface area (Å²) in [5, 5.41) is 3.64. The number of thioether (sulfide) groups is 1. The van der Waals surface area contributed by atoms with Gasteiger partial charge in [0.25, 0.3) is 0 Å². The number of halogens is 2. The van der Waals surface area contributed by atoms with E-state index >= 15 is 0 Å². The highest BCUT2D eigenvalue weighted by molar-refractivity contribution is 7.99. The number of amides is 1. The number of H-pyrrole nitrogens is 1. The molecule has 0 bridgehead atoms. The van der Waals surface area contributed by atoms with Crippen LogP contribution in [0.4, 0.5) is 8.78 Å². The molecular formula is C16H17F2N3OS. The maximum Gasteiger partial charge on any atom is 0.230 e. The van der Waals surface area contributed by atoms with Crippen LogP contribution in [0.25, 0.3) is 11.0 Å². The van der Waals surface area contributed by atoms with Crippen LogP contribution in [-0.4, -0.2) is 27.7 Å². The molecule has 1 aromatic carbocycles. The highest BCUT2D eigenvalue weighted by atomic mass is 32.2. The molecular weight excluding hydrogens is 320 g/mol. The number of nitrogens with zero attached hydrogens (tertiary/aromatic N) is 1. The highest BCUT2D eigenvalue weighted by Crippen LogP contribution is 2.44. The van der Waals surface area contributed by atoms with Crippen LogP contribution >= 0.6 is 11.8 Å². The molecule has 2 aliphatic rings.